The maximum Gasteiger partial charge on any atom is 0.410 e. The van der Waals surface area contributed by atoms with Crippen molar-refractivity contribution >= 4 is 30.0 Å². The molecule has 4 heterocycles. The van der Waals surface area contributed by atoms with Crippen molar-refractivity contribution < 1.29 is 37.8 Å². The quantitative estimate of drug-likeness (QED) is 0.299. The van der Waals surface area contributed by atoms with Crippen LogP contribution in [0.25, 0.3) is 0 Å². The molecule has 1 aromatic carbocycles. The lowest BCUT2D eigenvalue weighted by Crippen LogP contribution is -2.52. The number of rotatable bonds is 2. The van der Waals surface area contributed by atoms with Crippen LogP contribution in [0.1, 0.15) is 76.8 Å². The Hall–Kier alpha value is -3.96. The summed E-state index contributed by atoms with van der Waals surface area (Å²) in [5.41, 5.74) is -0.553. The minimum atomic E-state index is -0.977. The third kappa shape index (κ3) is 6.03. The van der Waals surface area contributed by atoms with Crippen LogP contribution in [-0.4, -0.2) is 75.6 Å². The molecule has 2 fully saturated rings. The summed E-state index contributed by atoms with van der Waals surface area (Å²) in [6.07, 6.45) is 6.40. The highest BCUT2D eigenvalue weighted by molar-refractivity contribution is 6.06. The summed E-state index contributed by atoms with van der Waals surface area (Å²) in [6.45, 7) is 5.55. The van der Waals surface area contributed by atoms with Crippen molar-refractivity contribution in [3.63, 3.8) is 0 Å². The molecule has 0 aromatic heterocycles. The summed E-state index contributed by atoms with van der Waals surface area (Å²) in [5, 5.41) is 2.75. The van der Waals surface area contributed by atoms with Gasteiger partial charge in [-0.1, -0.05) is 37.1 Å². The zero-order valence-corrected chi connectivity index (χ0v) is 25.3. The molecule has 11 nitrogen and oxygen atoms in total. The van der Waals surface area contributed by atoms with E-state index in [1.54, 1.807) is 32.9 Å². The van der Waals surface area contributed by atoms with Gasteiger partial charge in [0.15, 0.2) is 5.54 Å². The average molecular weight is 611 g/mol. The smallest absolute Gasteiger partial charge is 0.410 e. The molecule has 44 heavy (non-hydrogen) atoms. The molecule has 4 aliphatic heterocycles. The third-order valence-corrected chi connectivity index (χ3v) is 8.85. The summed E-state index contributed by atoms with van der Waals surface area (Å²) in [4.78, 5) is 60.8. The Balaban J connectivity index is 1.24. The summed E-state index contributed by atoms with van der Waals surface area (Å²) in [5.74, 6) is -1.14. The average Bonchev–Trinajstić information content (AvgIpc) is 3.24. The number of hydrogen-bond donors (Lipinski definition) is 1. The van der Waals surface area contributed by atoms with Crippen molar-refractivity contribution in [2.24, 2.45) is 10.9 Å². The molecule has 5 atom stereocenters. The number of benzene rings is 1. The minimum Gasteiger partial charge on any atom is -0.444 e. The van der Waals surface area contributed by atoms with Gasteiger partial charge in [0.2, 0.25) is 11.8 Å². The Morgan fingerprint density at radius 2 is 1.98 bits per heavy atom. The molecule has 3 amide bonds. The van der Waals surface area contributed by atoms with Crippen LogP contribution in [0.2, 0.25) is 0 Å². The molecule has 5 unspecified atom stereocenters. The minimum absolute atomic E-state index is 0.0176. The predicted molar refractivity (Wildman–Crippen MR) is 156 cm³/mol. The van der Waals surface area contributed by atoms with Gasteiger partial charge in [0.1, 0.15) is 29.6 Å². The number of carbonyl (C=O) groups is 4. The number of nitrogens with one attached hydrogen (secondary N) is 1. The fraction of sp³-hybridized carbons (Fsp3) is 0.594. The summed E-state index contributed by atoms with van der Waals surface area (Å²) >= 11 is 0. The second-order valence-corrected chi connectivity index (χ2v) is 13.3. The molecule has 1 aliphatic carbocycles. The van der Waals surface area contributed by atoms with Gasteiger partial charge in [-0.2, -0.15) is 0 Å². The second kappa shape index (κ2) is 11.5. The second-order valence-electron chi connectivity index (χ2n) is 13.3. The first-order valence-electron chi connectivity index (χ1n) is 15.4. The lowest BCUT2D eigenvalue weighted by molar-refractivity contribution is -0.138. The standard InChI is InChI=1S/C32H39FN4O7/c1-31(2,3)44-29(40)34-24-13-8-6-4-5-7-11-20-15-32(20)28(39)43-26(35-32)25-14-21(17-37(25)27(24)38)42-30(41)36-16-19-10-9-12-23(33)22(19)18-36/h7,9-12,20-21,24-25H,4-6,8,13-18H2,1-3H3,(H,34,40)/b11-7-. The fourth-order valence-corrected chi connectivity index (χ4v) is 6.50. The van der Waals surface area contributed by atoms with E-state index in [2.05, 4.69) is 11.4 Å². The molecule has 2 bridgehead atoms. The molecule has 5 aliphatic rings. The van der Waals surface area contributed by atoms with Crippen LogP contribution in [0.4, 0.5) is 14.0 Å². The van der Waals surface area contributed by atoms with Gasteiger partial charge < -0.3 is 24.4 Å². The highest BCUT2D eigenvalue weighted by Gasteiger charge is 2.65. The number of hydrogen-bond acceptors (Lipinski definition) is 8. The molecule has 1 N–H and O–H groups in total. The van der Waals surface area contributed by atoms with E-state index in [0.717, 1.165) is 24.8 Å². The van der Waals surface area contributed by atoms with Gasteiger partial charge in [0.05, 0.1) is 13.1 Å². The molecule has 1 spiro atoms. The van der Waals surface area contributed by atoms with E-state index in [9.17, 15) is 23.6 Å². The van der Waals surface area contributed by atoms with Crippen LogP contribution < -0.4 is 5.32 Å². The van der Waals surface area contributed by atoms with E-state index in [-0.39, 0.29) is 43.7 Å². The first kappa shape index (κ1) is 30.1. The van der Waals surface area contributed by atoms with Gasteiger partial charge in [0.25, 0.3) is 0 Å². The number of carbonyl (C=O) groups excluding carboxylic acids is 4. The lowest BCUT2D eigenvalue weighted by atomic mass is 10.0. The van der Waals surface area contributed by atoms with Gasteiger partial charge in [-0.25, -0.2) is 23.8 Å². The summed E-state index contributed by atoms with van der Waals surface area (Å²) in [6, 6.07) is 3.07. The van der Waals surface area contributed by atoms with Crippen LogP contribution in [0, 0.1) is 11.7 Å². The van der Waals surface area contributed by atoms with Crippen LogP contribution in [0.5, 0.6) is 0 Å². The van der Waals surface area contributed by atoms with Crippen LogP contribution in [0.3, 0.4) is 0 Å². The predicted octanol–water partition coefficient (Wildman–Crippen LogP) is 4.38. The SMILES string of the molecule is CC(C)(C)OC(=O)NC1CCCCC/C=C\C2CC23N=C(OC3=O)C2CC(OC(=O)N3Cc4cccc(F)c4C3)CN2C1=O. The number of ether oxygens (including phenoxy) is 3. The molecule has 1 saturated heterocycles. The van der Waals surface area contributed by atoms with Crippen LogP contribution in [-0.2, 0) is 36.9 Å². The Morgan fingerprint density at radius 1 is 1.16 bits per heavy atom. The van der Waals surface area contributed by atoms with E-state index in [1.165, 1.54) is 15.9 Å². The number of alkyl carbamates (subject to hydrolysis) is 1. The highest BCUT2D eigenvalue weighted by Crippen LogP contribution is 2.52. The summed E-state index contributed by atoms with van der Waals surface area (Å²) < 4.78 is 31.3. The van der Waals surface area contributed by atoms with E-state index < -0.39 is 53.4 Å². The van der Waals surface area contributed by atoms with Crippen molar-refractivity contribution in [2.45, 2.75) is 108 Å². The van der Waals surface area contributed by atoms with Crippen molar-refractivity contribution in [3.05, 3.63) is 47.3 Å². The molecule has 12 heteroatoms. The van der Waals surface area contributed by atoms with Crippen molar-refractivity contribution in [1.29, 1.82) is 0 Å². The maximum atomic E-state index is 14.3. The summed E-state index contributed by atoms with van der Waals surface area (Å²) in [7, 11) is 0. The number of fused-ring (bicyclic) bond motifs is 3. The zero-order valence-electron chi connectivity index (χ0n) is 25.3. The van der Waals surface area contributed by atoms with Crippen LogP contribution >= 0.6 is 0 Å². The normalized spacial score (nSPS) is 30.6. The van der Waals surface area contributed by atoms with Gasteiger partial charge >= 0.3 is 18.2 Å². The molecule has 236 valence electrons. The Morgan fingerprint density at radius 3 is 2.75 bits per heavy atom. The van der Waals surface area contributed by atoms with E-state index >= 15 is 0 Å². The van der Waals surface area contributed by atoms with Gasteiger partial charge in [-0.15, -0.1) is 0 Å². The Bertz CT molecular complexity index is 1420. The van der Waals surface area contributed by atoms with E-state index in [0.29, 0.717) is 24.8 Å². The number of allylic oxidation sites excluding steroid dienone is 1. The van der Waals surface area contributed by atoms with E-state index in [1.807, 2.05) is 6.08 Å². The van der Waals surface area contributed by atoms with Crippen molar-refractivity contribution in [2.75, 3.05) is 6.54 Å². The first-order valence-corrected chi connectivity index (χ1v) is 15.4. The van der Waals surface area contributed by atoms with Gasteiger partial charge in [0, 0.05) is 24.4 Å². The maximum absolute atomic E-state index is 14.3. The molecular weight excluding hydrogens is 571 g/mol. The number of nitrogens with zero attached hydrogens (tertiary/aromatic N) is 3. The Labute approximate surface area is 255 Å². The molecular formula is C32H39FN4O7. The van der Waals surface area contributed by atoms with Crippen molar-refractivity contribution in [1.82, 2.24) is 15.1 Å². The molecule has 0 radical (unpaired) electrons. The zero-order chi connectivity index (χ0) is 31.2. The monoisotopic (exact) mass is 610 g/mol. The number of esters is 1. The van der Waals surface area contributed by atoms with Gasteiger partial charge in [-0.05, 0) is 58.1 Å². The van der Waals surface area contributed by atoms with Crippen molar-refractivity contribution in [3.8, 4) is 0 Å². The highest BCUT2D eigenvalue weighted by atomic mass is 19.1. The van der Waals surface area contributed by atoms with E-state index in [4.69, 9.17) is 19.2 Å². The fourth-order valence-electron chi connectivity index (χ4n) is 6.50. The topological polar surface area (TPSA) is 127 Å². The van der Waals surface area contributed by atoms with Gasteiger partial charge in [-0.3, -0.25) is 9.69 Å². The van der Waals surface area contributed by atoms with Crippen LogP contribution in [0.15, 0.2) is 35.3 Å². The largest absolute Gasteiger partial charge is 0.444 e. The third-order valence-electron chi connectivity index (χ3n) is 8.85. The number of aliphatic imine (C=N–C) groups is 1. The molecule has 1 saturated carbocycles. The Kier molecular flexibility index (Phi) is 7.87. The molecule has 6 rings (SSSR count). The lowest BCUT2D eigenvalue weighted by Gasteiger charge is -2.29. The molecule has 1 aromatic rings. The first-order chi connectivity index (χ1) is 20.9. The number of halogens is 1. The number of amides is 3.